The van der Waals surface area contributed by atoms with Crippen LogP contribution in [0.5, 0.6) is 0 Å². The third-order valence-corrected chi connectivity index (χ3v) is 2.75. The number of allylic oxidation sites excluding steroid dienone is 2. The highest BCUT2D eigenvalue weighted by Crippen LogP contribution is 2.15. The first-order valence-corrected chi connectivity index (χ1v) is 6.60. The average Bonchev–Trinajstić information content (AvgIpc) is 2.19. The van der Waals surface area contributed by atoms with Crippen molar-refractivity contribution in [3.05, 3.63) is 12.2 Å². The maximum Gasteiger partial charge on any atom is 0.407 e. The molecule has 15 heavy (non-hydrogen) atoms. The quantitative estimate of drug-likeness (QED) is 0.635. The van der Waals surface area contributed by atoms with Crippen LogP contribution in [0, 0.1) is 0 Å². The van der Waals surface area contributed by atoms with Gasteiger partial charge in [-0.25, -0.2) is 4.79 Å². The molecule has 0 heterocycles. The van der Waals surface area contributed by atoms with Gasteiger partial charge in [0, 0.05) is 11.9 Å². The summed E-state index contributed by atoms with van der Waals surface area (Å²) < 4.78 is 5.32. The van der Waals surface area contributed by atoms with Gasteiger partial charge in [0.05, 0.1) is 0 Å². The van der Waals surface area contributed by atoms with Crippen molar-refractivity contribution in [2.24, 2.45) is 0 Å². The minimum absolute atomic E-state index is 0.0882. The topological polar surface area (TPSA) is 38.3 Å². The van der Waals surface area contributed by atoms with E-state index in [4.69, 9.17) is 4.74 Å². The van der Waals surface area contributed by atoms with Crippen molar-refractivity contribution in [3.63, 3.8) is 0 Å². The van der Waals surface area contributed by atoms with E-state index < -0.39 is 0 Å². The van der Waals surface area contributed by atoms with Crippen LogP contribution in [-0.2, 0) is 4.74 Å². The summed E-state index contributed by atoms with van der Waals surface area (Å²) in [4.78, 5) is 11.3. The van der Waals surface area contributed by atoms with E-state index in [0.717, 1.165) is 37.4 Å². The lowest BCUT2D eigenvalue weighted by Gasteiger charge is -2.18. The van der Waals surface area contributed by atoms with Crippen LogP contribution in [0.25, 0.3) is 0 Å². The Morgan fingerprint density at radius 1 is 1.40 bits per heavy atom. The van der Waals surface area contributed by atoms with E-state index in [1.54, 1.807) is 0 Å². The van der Waals surface area contributed by atoms with E-state index in [1.165, 1.54) is 0 Å². The van der Waals surface area contributed by atoms with Crippen LogP contribution in [0.2, 0.25) is 0 Å². The highest BCUT2D eigenvalue weighted by Gasteiger charge is 2.13. The van der Waals surface area contributed by atoms with Gasteiger partial charge < -0.3 is 10.1 Å². The average molecular weight is 276 g/mol. The SMILES string of the molecule is O=C(NCCBr)OC1CC/C=C\CCC1. The molecule has 0 spiro atoms. The lowest BCUT2D eigenvalue weighted by atomic mass is 10.0. The number of hydrogen-bond donors (Lipinski definition) is 1. The molecule has 0 aromatic carbocycles. The minimum atomic E-state index is -0.288. The number of alkyl carbamates (subject to hydrolysis) is 1. The van der Waals surface area contributed by atoms with Crippen LogP contribution in [0.15, 0.2) is 12.2 Å². The molecule has 1 rings (SSSR count). The van der Waals surface area contributed by atoms with Crippen molar-refractivity contribution >= 4 is 22.0 Å². The molecule has 1 unspecified atom stereocenters. The Morgan fingerprint density at radius 3 is 3.00 bits per heavy atom. The molecule has 0 aromatic rings. The van der Waals surface area contributed by atoms with Crippen LogP contribution in [0.3, 0.4) is 0 Å². The van der Waals surface area contributed by atoms with Crippen molar-refractivity contribution in [3.8, 4) is 0 Å². The highest BCUT2D eigenvalue weighted by molar-refractivity contribution is 9.09. The van der Waals surface area contributed by atoms with Gasteiger partial charge in [-0.05, 0) is 32.1 Å². The van der Waals surface area contributed by atoms with Crippen molar-refractivity contribution in [2.45, 2.75) is 38.2 Å². The predicted octanol–water partition coefficient (Wildman–Crippen LogP) is 3.00. The van der Waals surface area contributed by atoms with Gasteiger partial charge in [-0.2, -0.15) is 0 Å². The lowest BCUT2D eigenvalue weighted by Crippen LogP contribution is -2.30. The molecule has 86 valence electrons. The van der Waals surface area contributed by atoms with Crippen molar-refractivity contribution < 1.29 is 9.53 Å². The van der Waals surface area contributed by atoms with Gasteiger partial charge in [-0.1, -0.05) is 28.1 Å². The van der Waals surface area contributed by atoms with Crippen LogP contribution in [0.1, 0.15) is 32.1 Å². The second kappa shape index (κ2) is 7.74. The predicted molar refractivity (Wildman–Crippen MR) is 64.3 cm³/mol. The number of nitrogens with one attached hydrogen (secondary N) is 1. The van der Waals surface area contributed by atoms with E-state index in [1.807, 2.05) is 0 Å². The summed E-state index contributed by atoms with van der Waals surface area (Å²) in [6.07, 6.45) is 9.32. The molecule has 1 aliphatic rings. The zero-order valence-electron chi connectivity index (χ0n) is 8.88. The first kappa shape index (κ1) is 12.6. The number of hydrogen-bond acceptors (Lipinski definition) is 2. The number of carbonyl (C=O) groups is 1. The van der Waals surface area contributed by atoms with E-state index in [2.05, 4.69) is 33.4 Å². The number of carbonyl (C=O) groups excluding carboxylic acids is 1. The number of rotatable bonds is 3. The van der Waals surface area contributed by atoms with Gasteiger partial charge in [-0.15, -0.1) is 0 Å². The third-order valence-electron chi connectivity index (χ3n) is 2.36. The zero-order chi connectivity index (χ0) is 10.9. The maximum absolute atomic E-state index is 11.3. The largest absolute Gasteiger partial charge is 0.446 e. The molecule has 0 saturated carbocycles. The first-order valence-electron chi connectivity index (χ1n) is 5.48. The second-order valence-electron chi connectivity index (χ2n) is 3.62. The lowest BCUT2D eigenvalue weighted by molar-refractivity contribution is 0.0869. The molecule has 1 N–H and O–H groups in total. The van der Waals surface area contributed by atoms with Gasteiger partial charge in [0.1, 0.15) is 6.10 Å². The Balaban J connectivity index is 2.23. The fourth-order valence-corrected chi connectivity index (χ4v) is 1.78. The molecule has 1 aliphatic carbocycles. The molecule has 0 fully saturated rings. The molecular weight excluding hydrogens is 258 g/mol. The van der Waals surface area contributed by atoms with E-state index >= 15 is 0 Å². The van der Waals surface area contributed by atoms with Crippen molar-refractivity contribution in [1.82, 2.24) is 5.32 Å². The summed E-state index contributed by atoms with van der Waals surface area (Å²) in [7, 11) is 0. The van der Waals surface area contributed by atoms with E-state index in [-0.39, 0.29) is 12.2 Å². The van der Waals surface area contributed by atoms with Crippen LogP contribution >= 0.6 is 15.9 Å². The molecular formula is C11H18BrNO2. The van der Waals surface area contributed by atoms with Gasteiger partial charge in [-0.3, -0.25) is 0 Å². The van der Waals surface area contributed by atoms with Gasteiger partial charge in [0.15, 0.2) is 0 Å². The summed E-state index contributed by atoms with van der Waals surface area (Å²) in [6.45, 7) is 0.617. The summed E-state index contributed by atoms with van der Waals surface area (Å²) in [6, 6.07) is 0. The molecule has 0 saturated heterocycles. The normalized spacial score (nSPS) is 23.7. The Bertz CT molecular complexity index is 219. The van der Waals surface area contributed by atoms with Crippen LogP contribution in [0.4, 0.5) is 4.79 Å². The number of halogens is 1. The zero-order valence-corrected chi connectivity index (χ0v) is 10.5. The van der Waals surface area contributed by atoms with Crippen molar-refractivity contribution in [2.75, 3.05) is 11.9 Å². The summed E-state index contributed by atoms with van der Waals surface area (Å²) >= 11 is 3.25. The number of ether oxygens (including phenoxy) is 1. The summed E-state index contributed by atoms with van der Waals surface area (Å²) in [5.74, 6) is 0. The smallest absolute Gasteiger partial charge is 0.407 e. The van der Waals surface area contributed by atoms with Gasteiger partial charge in [0.25, 0.3) is 0 Å². The van der Waals surface area contributed by atoms with E-state index in [0.29, 0.717) is 6.54 Å². The number of alkyl halides is 1. The molecule has 3 nitrogen and oxygen atoms in total. The third kappa shape index (κ3) is 5.82. The van der Waals surface area contributed by atoms with Gasteiger partial charge >= 0.3 is 6.09 Å². The van der Waals surface area contributed by atoms with E-state index in [9.17, 15) is 4.79 Å². The molecule has 0 aliphatic heterocycles. The minimum Gasteiger partial charge on any atom is -0.446 e. The molecule has 1 amide bonds. The Kier molecular flexibility index (Phi) is 6.48. The Hall–Kier alpha value is -0.510. The summed E-state index contributed by atoms with van der Waals surface area (Å²) in [5, 5.41) is 3.45. The second-order valence-corrected chi connectivity index (χ2v) is 4.42. The molecule has 1 atom stereocenters. The standard InChI is InChI=1S/C11H18BrNO2/c12-8-9-13-11(14)15-10-6-4-2-1-3-5-7-10/h1-2,10H,3-9H2,(H,13,14)/b2-1-. The van der Waals surface area contributed by atoms with Crippen molar-refractivity contribution in [1.29, 1.82) is 0 Å². The van der Waals surface area contributed by atoms with Gasteiger partial charge in [0.2, 0.25) is 0 Å². The maximum atomic E-state index is 11.3. The molecule has 4 heteroatoms. The monoisotopic (exact) mass is 275 g/mol. The Labute approximate surface area is 99.4 Å². The number of amides is 1. The Morgan fingerprint density at radius 2 is 2.20 bits per heavy atom. The van der Waals surface area contributed by atoms with Crippen LogP contribution in [-0.4, -0.2) is 24.1 Å². The first-order chi connectivity index (χ1) is 7.33. The highest BCUT2D eigenvalue weighted by atomic mass is 79.9. The van der Waals surface area contributed by atoms with Crippen LogP contribution < -0.4 is 5.32 Å². The molecule has 0 aromatic heterocycles. The fourth-order valence-electron chi connectivity index (χ4n) is 1.59. The summed E-state index contributed by atoms with van der Waals surface area (Å²) in [5.41, 5.74) is 0. The molecule has 0 bridgehead atoms. The molecule has 0 radical (unpaired) electrons. The fraction of sp³-hybridized carbons (Fsp3) is 0.727.